The van der Waals surface area contributed by atoms with Crippen LogP contribution in [0.3, 0.4) is 0 Å². The molecule has 0 aliphatic rings. The molecule has 3 aromatic rings. The lowest BCUT2D eigenvalue weighted by Gasteiger charge is -2.20. The molecule has 146 valence electrons. The second-order valence-corrected chi connectivity index (χ2v) is 6.51. The number of nitrogens with zero attached hydrogens (tertiary/aromatic N) is 5. The van der Waals surface area contributed by atoms with Gasteiger partial charge in [-0.15, -0.1) is 0 Å². The van der Waals surface area contributed by atoms with Gasteiger partial charge in [-0.1, -0.05) is 13.0 Å². The molecule has 1 aromatic carbocycles. The van der Waals surface area contributed by atoms with Crippen molar-refractivity contribution in [3.8, 4) is 5.69 Å². The fourth-order valence-electron chi connectivity index (χ4n) is 2.66. The summed E-state index contributed by atoms with van der Waals surface area (Å²) in [5.74, 6) is 0.707. The van der Waals surface area contributed by atoms with Crippen LogP contribution in [0, 0.1) is 0 Å². The molecule has 0 unspecified atom stereocenters. The number of hydrogen-bond acceptors (Lipinski definition) is 8. The second kappa shape index (κ2) is 8.57. The molecule has 9 nitrogen and oxygen atoms in total. The molecule has 0 aliphatic carbocycles. The van der Waals surface area contributed by atoms with Crippen LogP contribution in [-0.4, -0.2) is 42.8 Å². The molecule has 0 fully saturated rings. The quantitative estimate of drug-likeness (QED) is 0.509. The SMILES string of the molecule is CC[C@H](N)[C@@H](C)Nc1ncc(C(C)=O)c(Nc2cccc(-n3nccn3)c2)n1. The third kappa shape index (κ3) is 4.49. The number of Topliss-reactive ketones (excluding diaryl/α,β-unsaturated/α-hetero) is 1. The predicted molar refractivity (Wildman–Crippen MR) is 108 cm³/mol. The summed E-state index contributed by atoms with van der Waals surface area (Å²) < 4.78 is 0. The van der Waals surface area contributed by atoms with Gasteiger partial charge < -0.3 is 16.4 Å². The number of carbonyl (C=O) groups excluding carboxylic acids is 1. The molecule has 28 heavy (non-hydrogen) atoms. The second-order valence-electron chi connectivity index (χ2n) is 6.51. The Morgan fingerprint density at radius 3 is 2.71 bits per heavy atom. The maximum Gasteiger partial charge on any atom is 0.224 e. The lowest BCUT2D eigenvalue weighted by Crippen LogP contribution is -2.37. The van der Waals surface area contributed by atoms with Gasteiger partial charge in [0.1, 0.15) is 5.82 Å². The number of hydrogen-bond donors (Lipinski definition) is 3. The Kier molecular flexibility index (Phi) is 5.95. The first kappa shape index (κ1) is 19.4. The summed E-state index contributed by atoms with van der Waals surface area (Å²) in [4.78, 5) is 22.3. The van der Waals surface area contributed by atoms with Crippen molar-refractivity contribution in [3.63, 3.8) is 0 Å². The number of benzene rings is 1. The van der Waals surface area contributed by atoms with Crippen LogP contribution >= 0.6 is 0 Å². The third-order valence-electron chi connectivity index (χ3n) is 4.40. The van der Waals surface area contributed by atoms with Crippen LogP contribution in [0.4, 0.5) is 17.5 Å². The smallest absolute Gasteiger partial charge is 0.224 e. The van der Waals surface area contributed by atoms with Gasteiger partial charge in [0.2, 0.25) is 5.95 Å². The Balaban J connectivity index is 1.88. The lowest BCUT2D eigenvalue weighted by molar-refractivity contribution is 0.101. The van der Waals surface area contributed by atoms with Crippen LogP contribution in [0.15, 0.2) is 42.9 Å². The van der Waals surface area contributed by atoms with E-state index in [4.69, 9.17) is 5.73 Å². The van der Waals surface area contributed by atoms with Crippen molar-refractivity contribution >= 4 is 23.2 Å². The Labute approximate surface area is 163 Å². The Hall–Kier alpha value is -3.33. The molecular formula is C19H24N8O. The van der Waals surface area contributed by atoms with Gasteiger partial charge in [0.25, 0.3) is 0 Å². The highest BCUT2D eigenvalue weighted by Crippen LogP contribution is 2.22. The summed E-state index contributed by atoms with van der Waals surface area (Å²) in [6, 6.07) is 7.48. The maximum atomic E-state index is 12.0. The summed E-state index contributed by atoms with van der Waals surface area (Å²) in [5, 5.41) is 14.7. The molecule has 0 radical (unpaired) electrons. The predicted octanol–water partition coefficient (Wildman–Crippen LogP) is 2.54. The summed E-state index contributed by atoms with van der Waals surface area (Å²) in [7, 11) is 0. The molecule has 0 aliphatic heterocycles. The van der Waals surface area contributed by atoms with Gasteiger partial charge >= 0.3 is 0 Å². The molecule has 4 N–H and O–H groups in total. The summed E-state index contributed by atoms with van der Waals surface area (Å²) in [6.07, 6.45) is 5.57. The number of aromatic nitrogens is 5. The molecule has 0 spiro atoms. The fourth-order valence-corrected chi connectivity index (χ4v) is 2.66. The zero-order chi connectivity index (χ0) is 20.1. The lowest BCUT2D eigenvalue weighted by atomic mass is 10.1. The molecule has 2 heterocycles. The largest absolute Gasteiger partial charge is 0.350 e. The van der Waals surface area contributed by atoms with Crippen molar-refractivity contribution in [2.45, 2.75) is 39.3 Å². The average molecular weight is 380 g/mol. The number of nitrogens with two attached hydrogens (primary N) is 1. The van der Waals surface area contributed by atoms with E-state index in [-0.39, 0.29) is 17.9 Å². The normalized spacial score (nSPS) is 13.0. The summed E-state index contributed by atoms with van der Waals surface area (Å²) in [5.41, 5.74) is 8.01. The third-order valence-corrected chi connectivity index (χ3v) is 4.40. The molecule has 2 aromatic heterocycles. The topological polar surface area (TPSA) is 124 Å². The minimum Gasteiger partial charge on any atom is -0.350 e. The van der Waals surface area contributed by atoms with Crippen molar-refractivity contribution in [1.82, 2.24) is 25.0 Å². The Morgan fingerprint density at radius 2 is 2.04 bits per heavy atom. The number of carbonyl (C=O) groups is 1. The molecular weight excluding hydrogens is 356 g/mol. The molecule has 3 rings (SSSR count). The van der Waals surface area contributed by atoms with Gasteiger partial charge in [0.05, 0.1) is 23.6 Å². The number of anilines is 3. The van der Waals surface area contributed by atoms with Crippen LogP contribution in [0.2, 0.25) is 0 Å². The van der Waals surface area contributed by atoms with Gasteiger partial charge in [-0.2, -0.15) is 20.0 Å². The van der Waals surface area contributed by atoms with Crippen LogP contribution < -0.4 is 16.4 Å². The van der Waals surface area contributed by atoms with E-state index in [9.17, 15) is 4.79 Å². The monoisotopic (exact) mass is 380 g/mol. The van der Waals surface area contributed by atoms with Crippen molar-refractivity contribution in [2.75, 3.05) is 10.6 Å². The first-order chi connectivity index (χ1) is 13.5. The molecule has 2 atom stereocenters. The highest BCUT2D eigenvalue weighted by Gasteiger charge is 2.15. The van der Waals surface area contributed by atoms with Gasteiger partial charge in [0.15, 0.2) is 5.78 Å². The number of nitrogens with one attached hydrogen (secondary N) is 2. The van der Waals surface area contributed by atoms with Crippen molar-refractivity contribution in [2.24, 2.45) is 5.73 Å². The highest BCUT2D eigenvalue weighted by molar-refractivity contribution is 5.99. The summed E-state index contributed by atoms with van der Waals surface area (Å²) in [6.45, 7) is 5.48. The van der Waals surface area contributed by atoms with Gasteiger partial charge in [-0.3, -0.25) is 4.79 Å². The first-order valence-electron chi connectivity index (χ1n) is 9.11. The van der Waals surface area contributed by atoms with E-state index in [1.807, 2.05) is 38.1 Å². The molecule has 0 saturated carbocycles. The average Bonchev–Trinajstić information content (AvgIpc) is 3.22. The van der Waals surface area contributed by atoms with Crippen LogP contribution in [0.1, 0.15) is 37.6 Å². The van der Waals surface area contributed by atoms with Gasteiger partial charge in [-0.05, 0) is 38.5 Å². The van der Waals surface area contributed by atoms with E-state index in [1.165, 1.54) is 17.9 Å². The van der Waals surface area contributed by atoms with Gasteiger partial charge in [0, 0.05) is 24.0 Å². The molecule has 0 amide bonds. The Morgan fingerprint density at radius 1 is 1.29 bits per heavy atom. The minimum atomic E-state index is -0.128. The number of ketones is 1. The van der Waals surface area contributed by atoms with E-state index >= 15 is 0 Å². The van der Waals surface area contributed by atoms with Gasteiger partial charge in [-0.25, -0.2) is 4.98 Å². The fraction of sp³-hybridized carbons (Fsp3) is 0.316. The van der Waals surface area contributed by atoms with Crippen molar-refractivity contribution in [3.05, 3.63) is 48.4 Å². The standard InChI is InChI=1S/C19H24N8O/c1-4-17(20)12(2)24-19-21-11-16(13(3)28)18(26-19)25-14-6-5-7-15(10-14)27-22-8-9-23-27/h5-12,17H,4,20H2,1-3H3,(H2,21,24,25,26)/t12-,17+/m1/s1. The van der Waals surface area contributed by atoms with Crippen molar-refractivity contribution < 1.29 is 4.79 Å². The molecule has 9 heteroatoms. The molecule has 0 saturated heterocycles. The maximum absolute atomic E-state index is 12.0. The zero-order valence-corrected chi connectivity index (χ0v) is 16.1. The Bertz CT molecular complexity index is 941. The summed E-state index contributed by atoms with van der Waals surface area (Å²) >= 11 is 0. The molecule has 0 bridgehead atoms. The van der Waals surface area contributed by atoms with E-state index in [0.29, 0.717) is 17.3 Å². The van der Waals surface area contributed by atoms with Crippen LogP contribution in [0.25, 0.3) is 5.69 Å². The van der Waals surface area contributed by atoms with Crippen LogP contribution in [-0.2, 0) is 0 Å². The van der Waals surface area contributed by atoms with Crippen LogP contribution in [0.5, 0.6) is 0 Å². The van der Waals surface area contributed by atoms with Crippen molar-refractivity contribution in [1.29, 1.82) is 0 Å². The van der Waals surface area contributed by atoms with E-state index in [1.54, 1.807) is 12.4 Å². The van der Waals surface area contributed by atoms with E-state index < -0.39 is 0 Å². The zero-order valence-electron chi connectivity index (χ0n) is 16.1. The highest BCUT2D eigenvalue weighted by atomic mass is 16.1. The minimum absolute atomic E-state index is 0.00440. The van der Waals surface area contributed by atoms with E-state index in [2.05, 4.69) is 30.8 Å². The number of rotatable bonds is 8. The first-order valence-corrected chi connectivity index (χ1v) is 9.11. The van der Waals surface area contributed by atoms with E-state index in [0.717, 1.165) is 17.8 Å².